The average molecular weight is 101 g/mol. The minimum atomic E-state index is -0.634. The molecule has 1 aliphatic heterocycles. The fraction of sp³-hybridized carbons (Fsp3) is 1.00. The monoisotopic (exact) mass is 101 g/mol. The zero-order chi connectivity index (χ0) is 6.04. The molecule has 0 saturated carbocycles. The zero-order valence-corrected chi connectivity index (χ0v) is 4.41. The van der Waals surface area contributed by atoms with Crippen molar-refractivity contribution >= 4 is 0 Å². The Morgan fingerprint density at radius 1 is 1.57 bits per heavy atom. The summed E-state index contributed by atoms with van der Waals surface area (Å²) in [6.45, 7) is 1.81. The molecule has 1 rings (SSSR count). The molecular weight excluding hydrogens is 88.1 g/mol. The van der Waals surface area contributed by atoms with Crippen molar-refractivity contribution in [1.82, 2.24) is 5.32 Å². The molecule has 0 aromatic heterocycles. The minimum Gasteiger partial charge on any atom is -0.328 e. The lowest BCUT2D eigenvalue weighted by Gasteiger charge is -2.17. The maximum atomic E-state index is 7.36. The topological polar surface area (TPSA) is 38.0 Å². The van der Waals surface area contributed by atoms with E-state index in [9.17, 15) is 0 Å². The van der Waals surface area contributed by atoms with E-state index in [0.29, 0.717) is 0 Å². The molecule has 2 heteroatoms. The predicted molar refractivity (Wildman–Crippen MR) is 30.1 cm³/mol. The number of piperidine rings is 1. The molecule has 42 valence electrons. The third-order valence-corrected chi connectivity index (χ3v) is 1.25. The molecule has 0 aromatic carbocycles. The van der Waals surface area contributed by atoms with Gasteiger partial charge in [-0.25, -0.2) is 0 Å². The summed E-state index contributed by atoms with van der Waals surface area (Å²) in [6.07, 6.45) is 1.57. The van der Waals surface area contributed by atoms with Crippen molar-refractivity contribution in [2.24, 2.45) is 5.73 Å². The van der Waals surface area contributed by atoms with Crippen LogP contribution in [-0.4, -0.2) is 19.1 Å². The van der Waals surface area contributed by atoms with Crippen LogP contribution >= 0.6 is 0 Å². The van der Waals surface area contributed by atoms with Gasteiger partial charge < -0.3 is 11.1 Å². The fourth-order valence-electron chi connectivity index (χ4n) is 0.748. The molecular formula is C5H12N2. The Bertz CT molecular complexity index is 74.5. The summed E-state index contributed by atoms with van der Waals surface area (Å²) in [7, 11) is 0. The van der Waals surface area contributed by atoms with Crippen molar-refractivity contribution in [2.45, 2.75) is 18.9 Å². The van der Waals surface area contributed by atoms with E-state index in [0.717, 1.165) is 25.9 Å². The average Bonchev–Trinajstić information content (AvgIpc) is 1.65. The van der Waals surface area contributed by atoms with Gasteiger partial charge in [-0.1, -0.05) is 0 Å². The molecule has 0 amide bonds. The second-order valence-corrected chi connectivity index (χ2v) is 1.91. The maximum Gasteiger partial charge on any atom is 0.0463 e. The Morgan fingerprint density at radius 2 is 2.14 bits per heavy atom. The van der Waals surface area contributed by atoms with Crippen LogP contribution in [0.5, 0.6) is 0 Å². The molecule has 0 spiro atoms. The van der Waals surface area contributed by atoms with E-state index in [1.165, 1.54) is 0 Å². The van der Waals surface area contributed by atoms with Crippen LogP contribution in [-0.2, 0) is 0 Å². The first-order valence-electron chi connectivity index (χ1n) is 3.20. The maximum absolute atomic E-state index is 7.36. The number of rotatable bonds is 0. The Hall–Kier alpha value is -0.0800. The molecule has 1 aliphatic rings. The number of nitrogens with one attached hydrogen (secondary N) is 1. The van der Waals surface area contributed by atoms with Crippen LogP contribution < -0.4 is 11.1 Å². The van der Waals surface area contributed by atoms with Gasteiger partial charge in [-0.15, -0.1) is 0 Å². The van der Waals surface area contributed by atoms with Gasteiger partial charge in [0.25, 0.3) is 0 Å². The molecule has 1 saturated heterocycles. The van der Waals surface area contributed by atoms with Gasteiger partial charge in [-0.2, -0.15) is 0 Å². The van der Waals surface area contributed by atoms with Crippen molar-refractivity contribution < 1.29 is 1.37 Å². The van der Waals surface area contributed by atoms with Crippen LogP contribution in [0.3, 0.4) is 0 Å². The molecule has 1 fully saturated rings. The minimum absolute atomic E-state index is 0.634. The van der Waals surface area contributed by atoms with Crippen LogP contribution in [0.2, 0.25) is 0 Å². The number of hydrogen-bond donors (Lipinski definition) is 2. The van der Waals surface area contributed by atoms with Crippen molar-refractivity contribution in [3.63, 3.8) is 0 Å². The Kier molecular flexibility index (Phi) is 1.26. The quantitative estimate of drug-likeness (QED) is 0.439. The molecule has 3 N–H and O–H groups in total. The second kappa shape index (κ2) is 2.28. The van der Waals surface area contributed by atoms with Gasteiger partial charge in [0.05, 0.1) is 0 Å². The Morgan fingerprint density at radius 3 is 2.43 bits per heavy atom. The van der Waals surface area contributed by atoms with E-state index in [-0.39, 0.29) is 0 Å². The summed E-state index contributed by atoms with van der Waals surface area (Å²) in [4.78, 5) is 0. The lowest BCUT2D eigenvalue weighted by molar-refractivity contribution is 0.458. The molecule has 7 heavy (non-hydrogen) atoms. The van der Waals surface area contributed by atoms with E-state index in [4.69, 9.17) is 7.10 Å². The van der Waals surface area contributed by atoms with Gasteiger partial charge in [0.2, 0.25) is 0 Å². The Balaban J connectivity index is 2.33. The third-order valence-electron chi connectivity index (χ3n) is 1.25. The number of nitrogens with two attached hydrogens (primary N) is 1. The molecule has 0 atom stereocenters. The molecule has 1 heterocycles. The third kappa shape index (κ3) is 1.45. The smallest absolute Gasteiger partial charge is 0.0463 e. The van der Waals surface area contributed by atoms with Crippen molar-refractivity contribution in [2.75, 3.05) is 13.1 Å². The summed E-state index contributed by atoms with van der Waals surface area (Å²) < 4.78 is 7.36. The van der Waals surface area contributed by atoms with E-state index in [1.54, 1.807) is 0 Å². The molecule has 0 bridgehead atoms. The van der Waals surface area contributed by atoms with Crippen LogP contribution in [0.1, 0.15) is 14.2 Å². The van der Waals surface area contributed by atoms with Crippen LogP contribution in [0.4, 0.5) is 0 Å². The highest BCUT2D eigenvalue weighted by molar-refractivity contribution is 4.69. The Labute approximate surface area is 45.5 Å². The van der Waals surface area contributed by atoms with Crippen LogP contribution in [0, 0.1) is 0 Å². The van der Waals surface area contributed by atoms with E-state index in [2.05, 4.69) is 5.32 Å². The lowest BCUT2D eigenvalue weighted by Crippen LogP contribution is -2.35. The van der Waals surface area contributed by atoms with Gasteiger partial charge in [0, 0.05) is 7.39 Å². The largest absolute Gasteiger partial charge is 0.328 e. The number of hydrogen-bond acceptors (Lipinski definition) is 2. The first kappa shape index (κ1) is 3.87. The van der Waals surface area contributed by atoms with Gasteiger partial charge in [0.1, 0.15) is 0 Å². The van der Waals surface area contributed by atoms with Gasteiger partial charge >= 0.3 is 0 Å². The van der Waals surface area contributed by atoms with Crippen molar-refractivity contribution in [3.8, 4) is 0 Å². The SMILES string of the molecule is [2H]C1(N)CCNCC1. The highest BCUT2D eigenvalue weighted by atomic mass is 14.9. The molecule has 0 aliphatic carbocycles. The highest BCUT2D eigenvalue weighted by Gasteiger charge is 2.05. The highest BCUT2D eigenvalue weighted by Crippen LogP contribution is 1.96. The summed E-state index contributed by atoms with van der Waals surface area (Å²) in [5, 5.41) is 3.14. The fourth-order valence-corrected chi connectivity index (χ4v) is 0.748. The summed E-state index contributed by atoms with van der Waals surface area (Å²) in [5.41, 5.74) is 5.50. The van der Waals surface area contributed by atoms with E-state index >= 15 is 0 Å². The lowest BCUT2D eigenvalue weighted by atomic mass is 10.1. The van der Waals surface area contributed by atoms with Gasteiger partial charge in [0.15, 0.2) is 0 Å². The summed E-state index contributed by atoms with van der Waals surface area (Å²) >= 11 is 0. The molecule has 0 aromatic rings. The normalized spacial score (nSPS) is 31.9. The first-order valence-corrected chi connectivity index (χ1v) is 2.70. The first-order chi connectivity index (χ1) is 3.71. The van der Waals surface area contributed by atoms with Crippen LogP contribution in [0.15, 0.2) is 0 Å². The summed E-state index contributed by atoms with van der Waals surface area (Å²) in [6, 6.07) is -0.634. The van der Waals surface area contributed by atoms with Crippen molar-refractivity contribution in [1.29, 1.82) is 0 Å². The van der Waals surface area contributed by atoms with Gasteiger partial charge in [-0.3, -0.25) is 0 Å². The molecule has 2 nitrogen and oxygen atoms in total. The molecule has 0 unspecified atom stereocenters. The standard InChI is InChI=1S/C5H12N2/c6-5-1-3-7-4-2-5/h5,7H,1-4,6H2/i5D. The van der Waals surface area contributed by atoms with E-state index < -0.39 is 6.02 Å². The van der Waals surface area contributed by atoms with Crippen molar-refractivity contribution in [3.05, 3.63) is 0 Å². The predicted octanol–water partition coefficient (Wildman–Crippen LogP) is -0.303. The zero-order valence-electron chi connectivity index (χ0n) is 5.41. The summed E-state index contributed by atoms with van der Waals surface area (Å²) in [5.74, 6) is 0. The van der Waals surface area contributed by atoms with Crippen LogP contribution in [0.25, 0.3) is 0 Å². The van der Waals surface area contributed by atoms with E-state index in [1.807, 2.05) is 0 Å². The van der Waals surface area contributed by atoms with Gasteiger partial charge in [-0.05, 0) is 25.9 Å². The second-order valence-electron chi connectivity index (χ2n) is 1.91. The molecule has 0 radical (unpaired) electrons.